The summed E-state index contributed by atoms with van der Waals surface area (Å²) >= 11 is 0. The summed E-state index contributed by atoms with van der Waals surface area (Å²) in [4.78, 5) is 25.2. The molecule has 0 spiro atoms. The van der Waals surface area contributed by atoms with Gasteiger partial charge in [-0.25, -0.2) is 0 Å². The summed E-state index contributed by atoms with van der Waals surface area (Å²) in [6.07, 6.45) is 1.11. The maximum atomic E-state index is 12.1. The smallest absolute Gasteiger partial charge is 0.242 e. The van der Waals surface area contributed by atoms with Gasteiger partial charge < -0.3 is 16.0 Å². The molecule has 18 heavy (non-hydrogen) atoms. The Morgan fingerprint density at radius 2 is 2.17 bits per heavy atom. The maximum absolute atomic E-state index is 12.1. The first-order valence-electron chi connectivity index (χ1n) is 6.53. The molecule has 1 aliphatic rings. The summed E-state index contributed by atoms with van der Waals surface area (Å²) < 4.78 is 0. The van der Waals surface area contributed by atoms with Crippen molar-refractivity contribution < 1.29 is 9.59 Å². The van der Waals surface area contributed by atoms with Gasteiger partial charge >= 0.3 is 0 Å². The Bertz CT molecular complexity index is 323. The van der Waals surface area contributed by atoms with Crippen molar-refractivity contribution in [1.82, 2.24) is 10.2 Å². The maximum Gasteiger partial charge on any atom is 0.242 e. The van der Waals surface area contributed by atoms with E-state index in [9.17, 15) is 9.59 Å². The molecule has 2 atom stereocenters. The third-order valence-electron chi connectivity index (χ3n) is 3.13. The topological polar surface area (TPSA) is 75.4 Å². The zero-order chi connectivity index (χ0) is 13.9. The molecule has 0 aliphatic carbocycles. The van der Waals surface area contributed by atoms with E-state index in [-0.39, 0.29) is 29.3 Å². The molecule has 1 heterocycles. The lowest BCUT2D eigenvalue weighted by Gasteiger charge is -2.34. The normalized spacial score (nSPS) is 22.6. The first-order chi connectivity index (χ1) is 8.20. The summed E-state index contributed by atoms with van der Waals surface area (Å²) in [5.74, 6) is -0.104. The highest BCUT2D eigenvalue weighted by Gasteiger charge is 2.30. The minimum absolute atomic E-state index is 0.0194. The third kappa shape index (κ3) is 4.29. The van der Waals surface area contributed by atoms with E-state index < -0.39 is 0 Å². The number of hydrogen-bond acceptors (Lipinski definition) is 3. The van der Waals surface area contributed by atoms with Crippen molar-refractivity contribution in [2.45, 2.75) is 52.6 Å². The molecule has 104 valence electrons. The van der Waals surface area contributed by atoms with Crippen LogP contribution in [0, 0.1) is 5.41 Å². The van der Waals surface area contributed by atoms with Gasteiger partial charge in [-0.3, -0.25) is 9.59 Å². The van der Waals surface area contributed by atoms with Crippen molar-refractivity contribution in [3.8, 4) is 0 Å². The van der Waals surface area contributed by atoms with Crippen LogP contribution in [-0.2, 0) is 9.59 Å². The molecule has 0 radical (unpaired) electrons. The summed E-state index contributed by atoms with van der Waals surface area (Å²) in [5.41, 5.74) is 6.12. The molecule has 0 bridgehead atoms. The Kier molecular flexibility index (Phi) is 4.73. The van der Waals surface area contributed by atoms with Crippen molar-refractivity contribution in [2.75, 3.05) is 13.1 Å². The van der Waals surface area contributed by atoms with Crippen LogP contribution in [0.15, 0.2) is 0 Å². The van der Waals surface area contributed by atoms with Gasteiger partial charge in [0.25, 0.3) is 0 Å². The quantitative estimate of drug-likeness (QED) is 0.770. The Morgan fingerprint density at radius 3 is 2.72 bits per heavy atom. The standard InChI is InChI=1S/C13H25N3O2/c1-9-12(18)15-5-6-16(9)11(17)7-10(14)8-13(2,3)4/h9-10H,5-8,14H2,1-4H3,(H,15,18). The van der Waals surface area contributed by atoms with Crippen LogP contribution in [0.25, 0.3) is 0 Å². The number of hydrogen-bond donors (Lipinski definition) is 2. The van der Waals surface area contributed by atoms with Crippen LogP contribution in [0.2, 0.25) is 0 Å². The first kappa shape index (κ1) is 15.0. The zero-order valence-corrected chi connectivity index (χ0v) is 11.8. The van der Waals surface area contributed by atoms with Gasteiger partial charge in [0.1, 0.15) is 6.04 Å². The fourth-order valence-corrected chi connectivity index (χ4v) is 2.32. The van der Waals surface area contributed by atoms with Crippen LogP contribution in [0.1, 0.15) is 40.5 Å². The summed E-state index contributed by atoms with van der Waals surface area (Å²) in [6, 6.07) is -0.525. The molecule has 0 saturated carbocycles. The van der Waals surface area contributed by atoms with Crippen LogP contribution in [0.5, 0.6) is 0 Å². The van der Waals surface area contributed by atoms with E-state index in [1.54, 1.807) is 11.8 Å². The second kappa shape index (κ2) is 5.69. The van der Waals surface area contributed by atoms with Gasteiger partial charge in [-0.15, -0.1) is 0 Å². The first-order valence-corrected chi connectivity index (χ1v) is 6.53. The number of nitrogens with zero attached hydrogens (tertiary/aromatic N) is 1. The fraction of sp³-hybridized carbons (Fsp3) is 0.846. The minimum atomic E-state index is -0.381. The lowest BCUT2D eigenvalue weighted by Crippen LogP contribution is -2.56. The van der Waals surface area contributed by atoms with Gasteiger partial charge in [0, 0.05) is 25.6 Å². The molecule has 3 N–H and O–H groups in total. The summed E-state index contributed by atoms with van der Waals surface area (Å²) in [6.45, 7) is 9.18. The van der Waals surface area contributed by atoms with Crippen molar-refractivity contribution in [3.63, 3.8) is 0 Å². The van der Waals surface area contributed by atoms with Crippen molar-refractivity contribution >= 4 is 11.8 Å². The number of rotatable bonds is 3. The van der Waals surface area contributed by atoms with E-state index in [1.807, 2.05) is 0 Å². The van der Waals surface area contributed by atoms with Crippen LogP contribution >= 0.6 is 0 Å². The lowest BCUT2D eigenvalue weighted by atomic mass is 9.87. The average Bonchev–Trinajstić information content (AvgIpc) is 2.18. The van der Waals surface area contributed by atoms with Crippen LogP contribution in [0.4, 0.5) is 0 Å². The molecule has 0 aromatic rings. The number of nitrogens with one attached hydrogen (secondary N) is 1. The molecule has 0 aromatic carbocycles. The van der Waals surface area contributed by atoms with Crippen molar-refractivity contribution in [3.05, 3.63) is 0 Å². The van der Waals surface area contributed by atoms with Crippen molar-refractivity contribution in [1.29, 1.82) is 0 Å². The molecular weight excluding hydrogens is 230 g/mol. The highest BCUT2D eigenvalue weighted by atomic mass is 16.2. The Balaban J connectivity index is 2.52. The molecule has 5 heteroatoms. The molecule has 1 rings (SSSR count). The van der Waals surface area contributed by atoms with E-state index in [1.165, 1.54) is 0 Å². The van der Waals surface area contributed by atoms with Gasteiger partial charge in [0.15, 0.2) is 0 Å². The van der Waals surface area contributed by atoms with Gasteiger partial charge in [0.2, 0.25) is 11.8 Å². The molecule has 2 amide bonds. The fourth-order valence-electron chi connectivity index (χ4n) is 2.32. The Morgan fingerprint density at radius 1 is 1.56 bits per heavy atom. The highest BCUT2D eigenvalue weighted by Crippen LogP contribution is 2.21. The average molecular weight is 255 g/mol. The van der Waals surface area contributed by atoms with Gasteiger partial charge in [-0.2, -0.15) is 0 Å². The lowest BCUT2D eigenvalue weighted by molar-refractivity contribution is -0.142. The minimum Gasteiger partial charge on any atom is -0.353 e. The Labute approximate surface area is 109 Å². The van der Waals surface area contributed by atoms with Crippen molar-refractivity contribution in [2.24, 2.45) is 11.1 Å². The molecular formula is C13H25N3O2. The van der Waals surface area contributed by atoms with Crippen LogP contribution < -0.4 is 11.1 Å². The summed E-state index contributed by atoms with van der Waals surface area (Å²) in [5, 5.41) is 2.74. The second-order valence-electron chi connectivity index (χ2n) is 6.28. The van der Waals surface area contributed by atoms with E-state index >= 15 is 0 Å². The van der Waals surface area contributed by atoms with E-state index in [2.05, 4.69) is 26.1 Å². The number of nitrogens with two attached hydrogens (primary N) is 1. The second-order valence-corrected chi connectivity index (χ2v) is 6.28. The van der Waals surface area contributed by atoms with E-state index in [0.29, 0.717) is 19.5 Å². The number of carbonyl (C=O) groups excluding carboxylic acids is 2. The van der Waals surface area contributed by atoms with Gasteiger partial charge in [-0.1, -0.05) is 20.8 Å². The molecule has 1 saturated heterocycles. The van der Waals surface area contributed by atoms with E-state index in [4.69, 9.17) is 5.73 Å². The molecule has 5 nitrogen and oxygen atoms in total. The van der Waals surface area contributed by atoms with Crippen LogP contribution in [0.3, 0.4) is 0 Å². The number of piperazine rings is 1. The highest BCUT2D eigenvalue weighted by molar-refractivity contribution is 5.88. The monoisotopic (exact) mass is 255 g/mol. The molecule has 2 unspecified atom stereocenters. The molecule has 1 fully saturated rings. The third-order valence-corrected chi connectivity index (χ3v) is 3.13. The summed E-state index contributed by atoms with van der Waals surface area (Å²) in [7, 11) is 0. The number of carbonyl (C=O) groups is 2. The predicted molar refractivity (Wildman–Crippen MR) is 70.8 cm³/mol. The predicted octanol–water partition coefficient (Wildman–Crippen LogP) is 0.487. The Hall–Kier alpha value is -1.10. The SMILES string of the molecule is CC1C(=O)NCCN1C(=O)CC(N)CC(C)(C)C. The molecule has 1 aliphatic heterocycles. The zero-order valence-electron chi connectivity index (χ0n) is 11.8. The van der Waals surface area contributed by atoms with E-state index in [0.717, 1.165) is 6.42 Å². The largest absolute Gasteiger partial charge is 0.353 e. The van der Waals surface area contributed by atoms with Gasteiger partial charge in [-0.05, 0) is 18.8 Å². The number of amides is 2. The van der Waals surface area contributed by atoms with Gasteiger partial charge in [0.05, 0.1) is 0 Å². The van der Waals surface area contributed by atoms with Crippen LogP contribution in [-0.4, -0.2) is 41.9 Å². The molecule has 0 aromatic heterocycles.